The van der Waals surface area contributed by atoms with E-state index in [0.29, 0.717) is 11.6 Å². The summed E-state index contributed by atoms with van der Waals surface area (Å²) in [5.74, 6) is -0.248. The van der Waals surface area contributed by atoms with Gasteiger partial charge in [0.2, 0.25) is 11.8 Å². The van der Waals surface area contributed by atoms with Gasteiger partial charge in [0.1, 0.15) is 0 Å². The highest BCUT2D eigenvalue weighted by molar-refractivity contribution is 6.30. The lowest BCUT2D eigenvalue weighted by Gasteiger charge is -2.31. The summed E-state index contributed by atoms with van der Waals surface area (Å²) in [6.07, 6.45) is 2.22. The molecule has 2 aromatic rings. The summed E-state index contributed by atoms with van der Waals surface area (Å²) in [5.41, 5.74) is 4.00. The predicted octanol–water partition coefficient (Wildman–Crippen LogP) is 3.98. The number of hydrogen-bond donors (Lipinski definition) is 0. The Bertz CT molecular complexity index is 880. The van der Waals surface area contributed by atoms with Crippen LogP contribution in [-0.2, 0) is 16.0 Å². The average Bonchev–Trinajstić information content (AvgIpc) is 3.02. The normalized spacial score (nSPS) is 19.6. The van der Waals surface area contributed by atoms with Crippen LogP contribution in [0.2, 0.25) is 5.02 Å². The van der Waals surface area contributed by atoms with Crippen LogP contribution in [0.25, 0.3) is 0 Å². The van der Waals surface area contributed by atoms with Crippen LogP contribution in [0.3, 0.4) is 0 Å². The topological polar surface area (TPSA) is 40.6 Å². The van der Waals surface area contributed by atoms with Gasteiger partial charge in [-0.3, -0.25) is 9.59 Å². The Labute approximate surface area is 158 Å². The van der Waals surface area contributed by atoms with E-state index in [9.17, 15) is 9.59 Å². The zero-order valence-corrected chi connectivity index (χ0v) is 15.5. The fourth-order valence-electron chi connectivity index (χ4n) is 4.01. The minimum atomic E-state index is -0.302. The van der Waals surface area contributed by atoms with Gasteiger partial charge in [0.25, 0.3) is 0 Å². The van der Waals surface area contributed by atoms with E-state index in [4.69, 9.17) is 11.6 Å². The summed E-state index contributed by atoms with van der Waals surface area (Å²) >= 11 is 6.02. The molecule has 4 rings (SSSR count). The molecule has 2 amide bonds. The van der Waals surface area contributed by atoms with Gasteiger partial charge in [-0.15, -0.1) is 0 Å². The second kappa shape index (κ2) is 6.76. The van der Waals surface area contributed by atoms with Gasteiger partial charge in [0, 0.05) is 35.9 Å². The van der Waals surface area contributed by atoms with Gasteiger partial charge in [-0.25, -0.2) is 0 Å². The van der Waals surface area contributed by atoms with E-state index >= 15 is 0 Å². The van der Waals surface area contributed by atoms with Crippen molar-refractivity contribution in [2.24, 2.45) is 5.92 Å². The average molecular weight is 369 g/mol. The number of carbonyl (C=O) groups excluding carboxylic acids is 2. The molecule has 5 heteroatoms. The highest BCUT2D eigenvalue weighted by atomic mass is 35.5. The largest absolute Gasteiger partial charge is 0.312 e. The summed E-state index contributed by atoms with van der Waals surface area (Å²) in [5, 5.41) is 0.649. The van der Waals surface area contributed by atoms with Gasteiger partial charge in [-0.1, -0.05) is 29.8 Å². The van der Waals surface area contributed by atoms with Crippen molar-refractivity contribution in [2.45, 2.75) is 26.2 Å². The Morgan fingerprint density at radius 2 is 1.96 bits per heavy atom. The first kappa shape index (κ1) is 17.1. The molecule has 2 aliphatic rings. The first-order valence-electron chi connectivity index (χ1n) is 9.00. The molecule has 134 valence electrons. The number of rotatable bonds is 2. The molecular formula is C21H21ClN2O2. The number of halogens is 1. The van der Waals surface area contributed by atoms with Crippen LogP contribution in [-0.4, -0.2) is 24.9 Å². The second-order valence-electron chi connectivity index (χ2n) is 7.06. The van der Waals surface area contributed by atoms with E-state index in [1.54, 1.807) is 11.0 Å². The van der Waals surface area contributed by atoms with Gasteiger partial charge in [0.15, 0.2) is 0 Å². The predicted molar refractivity (Wildman–Crippen MR) is 104 cm³/mol. The fraction of sp³-hybridized carbons (Fsp3) is 0.333. The quantitative estimate of drug-likeness (QED) is 0.804. The van der Waals surface area contributed by atoms with Gasteiger partial charge in [0.05, 0.1) is 5.92 Å². The van der Waals surface area contributed by atoms with Crippen LogP contribution < -0.4 is 9.80 Å². The number of anilines is 2. The molecule has 1 atom stereocenters. The lowest BCUT2D eigenvalue weighted by molar-refractivity contribution is -0.124. The molecule has 0 saturated carbocycles. The third-order valence-corrected chi connectivity index (χ3v) is 5.54. The van der Waals surface area contributed by atoms with Crippen LogP contribution in [0.4, 0.5) is 11.4 Å². The van der Waals surface area contributed by atoms with Crippen LogP contribution in [0.5, 0.6) is 0 Å². The van der Waals surface area contributed by atoms with Gasteiger partial charge < -0.3 is 9.80 Å². The van der Waals surface area contributed by atoms with E-state index in [1.807, 2.05) is 42.2 Å². The summed E-state index contributed by atoms with van der Waals surface area (Å²) in [6, 6.07) is 13.6. The number of aryl methyl sites for hydroxylation is 2. The number of carbonyl (C=O) groups is 2. The van der Waals surface area contributed by atoms with Crippen molar-refractivity contribution in [3.8, 4) is 0 Å². The Morgan fingerprint density at radius 3 is 2.77 bits per heavy atom. The van der Waals surface area contributed by atoms with E-state index in [0.717, 1.165) is 36.3 Å². The number of hydrogen-bond acceptors (Lipinski definition) is 2. The summed E-state index contributed by atoms with van der Waals surface area (Å²) < 4.78 is 0. The summed E-state index contributed by atoms with van der Waals surface area (Å²) in [7, 11) is 0. The molecule has 0 bridgehead atoms. The molecular weight excluding hydrogens is 348 g/mol. The molecule has 2 aromatic carbocycles. The monoisotopic (exact) mass is 368 g/mol. The number of fused-ring (bicyclic) bond motifs is 1. The number of nitrogens with zero attached hydrogens (tertiary/aromatic N) is 2. The standard InChI is InChI=1S/C21H21ClN2O2/c1-14-11-17(22)8-9-18(14)24-13-16(12-20(24)25)21(26)23-10-4-6-15-5-2-3-7-19(15)23/h2-3,5,7-9,11,16H,4,6,10,12-13H2,1H3. The molecule has 0 radical (unpaired) electrons. The molecule has 1 fully saturated rings. The van der Waals surface area contributed by atoms with E-state index < -0.39 is 0 Å². The van der Waals surface area contributed by atoms with Crippen molar-refractivity contribution in [3.05, 3.63) is 58.6 Å². The third kappa shape index (κ3) is 2.99. The molecule has 26 heavy (non-hydrogen) atoms. The van der Waals surface area contributed by atoms with Crippen molar-refractivity contribution in [3.63, 3.8) is 0 Å². The molecule has 2 aliphatic heterocycles. The van der Waals surface area contributed by atoms with Gasteiger partial charge >= 0.3 is 0 Å². The second-order valence-corrected chi connectivity index (χ2v) is 7.49. The minimum absolute atomic E-state index is 0.000864. The maximum Gasteiger partial charge on any atom is 0.232 e. The zero-order valence-electron chi connectivity index (χ0n) is 14.7. The zero-order chi connectivity index (χ0) is 18.3. The van der Waals surface area contributed by atoms with Crippen LogP contribution in [0, 0.1) is 12.8 Å². The SMILES string of the molecule is Cc1cc(Cl)ccc1N1CC(C(=O)N2CCCc3ccccc32)CC1=O. The molecule has 0 spiro atoms. The van der Waals surface area contributed by atoms with Crippen LogP contribution in [0.1, 0.15) is 24.0 Å². The van der Waals surface area contributed by atoms with Crippen molar-refractivity contribution >= 4 is 34.8 Å². The molecule has 0 N–H and O–H groups in total. The van der Waals surface area contributed by atoms with Crippen molar-refractivity contribution < 1.29 is 9.59 Å². The Hall–Kier alpha value is -2.33. The molecule has 1 saturated heterocycles. The van der Waals surface area contributed by atoms with E-state index in [-0.39, 0.29) is 24.2 Å². The fourth-order valence-corrected chi connectivity index (χ4v) is 4.24. The number of amides is 2. The Morgan fingerprint density at radius 1 is 1.15 bits per heavy atom. The maximum atomic E-state index is 13.2. The number of benzene rings is 2. The molecule has 0 aliphatic carbocycles. The van der Waals surface area contributed by atoms with Crippen molar-refractivity contribution in [1.29, 1.82) is 0 Å². The third-order valence-electron chi connectivity index (χ3n) is 5.30. The van der Waals surface area contributed by atoms with Crippen molar-refractivity contribution in [1.82, 2.24) is 0 Å². The first-order valence-corrected chi connectivity index (χ1v) is 9.38. The summed E-state index contributed by atoms with van der Waals surface area (Å²) in [4.78, 5) is 29.3. The number of para-hydroxylation sites is 1. The lowest BCUT2D eigenvalue weighted by atomic mass is 9.99. The van der Waals surface area contributed by atoms with Crippen LogP contribution >= 0.6 is 11.6 Å². The first-order chi connectivity index (χ1) is 12.5. The maximum absolute atomic E-state index is 13.2. The molecule has 1 unspecified atom stereocenters. The minimum Gasteiger partial charge on any atom is -0.312 e. The molecule has 2 heterocycles. The van der Waals surface area contributed by atoms with Crippen molar-refractivity contribution in [2.75, 3.05) is 22.9 Å². The highest BCUT2D eigenvalue weighted by Crippen LogP contribution is 2.33. The molecule has 0 aromatic heterocycles. The Balaban J connectivity index is 1.57. The van der Waals surface area contributed by atoms with Gasteiger partial charge in [-0.2, -0.15) is 0 Å². The smallest absolute Gasteiger partial charge is 0.232 e. The van der Waals surface area contributed by atoms with E-state index in [1.165, 1.54) is 5.56 Å². The lowest BCUT2D eigenvalue weighted by Crippen LogP contribution is -2.40. The van der Waals surface area contributed by atoms with E-state index in [2.05, 4.69) is 6.07 Å². The van der Waals surface area contributed by atoms with Gasteiger partial charge in [-0.05, 0) is 55.2 Å². The van der Waals surface area contributed by atoms with Crippen LogP contribution in [0.15, 0.2) is 42.5 Å². The molecule has 4 nitrogen and oxygen atoms in total. The Kier molecular flexibility index (Phi) is 4.45. The highest BCUT2D eigenvalue weighted by Gasteiger charge is 2.38. The summed E-state index contributed by atoms with van der Waals surface area (Å²) in [6.45, 7) is 3.09.